The molecule has 0 aliphatic heterocycles. The largest absolute Gasteiger partial charge is 0.335 e. The molecule has 96 valence electrons. The van der Waals surface area contributed by atoms with E-state index in [9.17, 15) is 4.57 Å². The van der Waals surface area contributed by atoms with Gasteiger partial charge in [-0.25, -0.2) is 0 Å². The van der Waals surface area contributed by atoms with Gasteiger partial charge in [0.25, 0.3) is 0 Å². The Kier molecular flexibility index (Phi) is 5.38. The Balaban J connectivity index is 2.86. The van der Waals surface area contributed by atoms with Gasteiger partial charge in [-0.2, -0.15) is 0 Å². The topological polar surface area (TPSA) is 35.5 Å². The molecule has 3 nitrogen and oxygen atoms in total. The second-order valence-corrected chi connectivity index (χ2v) is 6.08. The standard InChI is InChI=1S/C13H21O3P/c1-5-15-17(14,16-6-2)10-13-8-7-11(3)12(4)9-13/h7-9H,5-6,10H2,1-4H3. The van der Waals surface area contributed by atoms with Crippen molar-refractivity contribution in [1.29, 1.82) is 0 Å². The third kappa shape index (κ3) is 4.27. The molecule has 0 aliphatic carbocycles. The van der Waals surface area contributed by atoms with E-state index >= 15 is 0 Å². The van der Waals surface area contributed by atoms with Crippen molar-refractivity contribution >= 4 is 7.60 Å². The summed E-state index contributed by atoms with van der Waals surface area (Å²) >= 11 is 0. The van der Waals surface area contributed by atoms with Crippen LogP contribution in [0.25, 0.3) is 0 Å². The minimum atomic E-state index is -2.98. The molecule has 1 aromatic rings. The van der Waals surface area contributed by atoms with E-state index in [-0.39, 0.29) is 0 Å². The maximum Gasteiger partial charge on any atom is 0.335 e. The third-order valence-corrected chi connectivity index (χ3v) is 4.65. The molecule has 0 N–H and O–H groups in total. The van der Waals surface area contributed by atoms with Crippen LogP contribution in [0.4, 0.5) is 0 Å². The van der Waals surface area contributed by atoms with Crippen LogP contribution in [-0.4, -0.2) is 13.2 Å². The van der Waals surface area contributed by atoms with E-state index < -0.39 is 7.60 Å². The Bertz CT molecular complexity index is 405. The fourth-order valence-electron chi connectivity index (χ4n) is 1.65. The van der Waals surface area contributed by atoms with Crippen molar-refractivity contribution < 1.29 is 13.6 Å². The van der Waals surface area contributed by atoms with E-state index in [2.05, 4.69) is 6.92 Å². The Morgan fingerprint density at radius 1 is 1.06 bits per heavy atom. The summed E-state index contributed by atoms with van der Waals surface area (Å²) in [5.74, 6) is 0. The Labute approximate surface area is 104 Å². The van der Waals surface area contributed by atoms with Crippen LogP contribution in [0.2, 0.25) is 0 Å². The molecule has 0 atom stereocenters. The fourth-order valence-corrected chi connectivity index (χ4v) is 3.34. The molecule has 0 aromatic heterocycles. The Morgan fingerprint density at radius 2 is 1.65 bits per heavy atom. The zero-order chi connectivity index (χ0) is 12.9. The quantitative estimate of drug-likeness (QED) is 0.720. The molecule has 4 heteroatoms. The fraction of sp³-hybridized carbons (Fsp3) is 0.538. The van der Waals surface area contributed by atoms with Gasteiger partial charge in [-0.15, -0.1) is 0 Å². The van der Waals surface area contributed by atoms with Gasteiger partial charge in [-0.3, -0.25) is 4.57 Å². The molecule has 17 heavy (non-hydrogen) atoms. The second kappa shape index (κ2) is 6.34. The molecule has 0 saturated carbocycles. The van der Waals surface area contributed by atoms with Gasteiger partial charge in [0.05, 0.1) is 19.4 Å². The summed E-state index contributed by atoms with van der Waals surface area (Å²) in [6.07, 6.45) is 0.343. The van der Waals surface area contributed by atoms with Gasteiger partial charge in [0, 0.05) is 0 Å². The van der Waals surface area contributed by atoms with Crippen LogP contribution < -0.4 is 0 Å². The molecule has 1 rings (SSSR count). The lowest BCUT2D eigenvalue weighted by molar-refractivity contribution is 0.219. The highest BCUT2D eigenvalue weighted by molar-refractivity contribution is 7.53. The number of hydrogen-bond acceptors (Lipinski definition) is 3. The highest BCUT2D eigenvalue weighted by atomic mass is 31.2. The van der Waals surface area contributed by atoms with Gasteiger partial charge < -0.3 is 9.05 Å². The van der Waals surface area contributed by atoms with Crippen LogP contribution in [-0.2, 0) is 19.8 Å². The van der Waals surface area contributed by atoms with E-state index in [4.69, 9.17) is 9.05 Å². The first-order valence-corrected chi connectivity index (χ1v) is 7.68. The minimum absolute atomic E-state index is 0.343. The molecule has 0 saturated heterocycles. The van der Waals surface area contributed by atoms with Gasteiger partial charge >= 0.3 is 7.60 Å². The van der Waals surface area contributed by atoms with E-state index in [1.54, 1.807) is 0 Å². The van der Waals surface area contributed by atoms with E-state index in [1.807, 2.05) is 39.0 Å². The summed E-state index contributed by atoms with van der Waals surface area (Å²) in [5.41, 5.74) is 3.43. The lowest BCUT2D eigenvalue weighted by atomic mass is 10.1. The first-order valence-electron chi connectivity index (χ1n) is 5.95. The van der Waals surface area contributed by atoms with Crippen LogP contribution >= 0.6 is 7.60 Å². The lowest BCUT2D eigenvalue weighted by Crippen LogP contribution is -1.99. The van der Waals surface area contributed by atoms with Crippen molar-refractivity contribution in [1.82, 2.24) is 0 Å². The average Bonchev–Trinajstić information content (AvgIpc) is 2.24. The van der Waals surface area contributed by atoms with Crippen molar-refractivity contribution in [3.8, 4) is 0 Å². The van der Waals surface area contributed by atoms with Crippen LogP contribution in [0.1, 0.15) is 30.5 Å². The monoisotopic (exact) mass is 256 g/mol. The van der Waals surface area contributed by atoms with E-state index in [0.717, 1.165) is 5.56 Å². The Hall–Kier alpha value is -0.630. The molecular weight excluding hydrogens is 235 g/mol. The van der Waals surface area contributed by atoms with Crippen molar-refractivity contribution in [2.75, 3.05) is 13.2 Å². The van der Waals surface area contributed by atoms with Gasteiger partial charge in [0.15, 0.2) is 0 Å². The summed E-state index contributed by atoms with van der Waals surface area (Å²) in [7, 11) is -2.98. The van der Waals surface area contributed by atoms with Crippen molar-refractivity contribution in [2.24, 2.45) is 0 Å². The van der Waals surface area contributed by atoms with Gasteiger partial charge in [0.1, 0.15) is 0 Å². The third-order valence-electron chi connectivity index (χ3n) is 2.60. The number of aryl methyl sites for hydroxylation is 2. The van der Waals surface area contributed by atoms with Crippen LogP contribution in [0.3, 0.4) is 0 Å². The molecule has 0 fully saturated rings. The first kappa shape index (κ1) is 14.4. The predicted molar refractivity (Wildman–Crippen MR) is 70.5 cm³/mol. The molecule has 1 aromatic carbocycles. The minimum Gasteiger partial charge on any atom is -0.309 e. The van der Waals surface area contributed by atoms with Crippen molar-refractivity contribution in [3.63, 3.8) is 0 Å². The van der Waals surface area contributed by atoms with Crippen molar-refractivity contribution in [3.05, 3.63) is 34.9 Å². The highest BCUT2D eigenvalue weighted by Crippen LogP contribution is 2.51. The normalized spacial score (nSPS) is 11.8. The zero-order valence-corrected chi connectivity index (χ0v) is 11.9. The maximum atomic E-state index is 12.3. The molecular formula is C13H21O3P. The summed E-state index contributed by atoms with van der Waals surface area (Å²) in [4.78, 5) is 0. The van der Waals surface area contributed by atoms with E-state index in [0.29, 0.717) is 19.4 Å². The molecule has 0 amide bonds. The lowest BCUT2D eigenvalue weighted by Gasteiger charge is -2.17. The molecule has 0 aliphatic rings. The predicted octanol–water partition coefficient (Wildman–Crippen LogP) is 4.07. The second-order valence-electron chi connectivity index (χ2n) is 4.02. The summed E-state index contributed by atoms with van der Waals surface area (Å²) in [5, 5.41) is 0. The van der Waals surface area contributed by atoms with Gasteiger partial charge in [0.2, 0.25) is 0 Å². The van der Waals surface area contributed by atoms with Gasteiger partial charge in [-0.1, -0.05) is 18.2 Å². The molecule has 0 bridgehead atoms. The van der Waals surface area contributed by atoms with Gasteiger partial charge in [-0.05, 0) is 44.4 Å². The van der Waals surface area contributed by atoms with Crippen LogP contribution in [0.5, 0.6) is 0 Å². The molecule has 0 spiro atoms. The summed E-state index contributed by atoms with van der Waals surface area (Å²) < 4.78 is 22.9. The molecule has 0 unspecified atom stereocenters. The SMILES string of the molecule is CCOP(=O)(Cc1ccc(C)c(C)c1)OCC. The molecule has 0 heterocycles. The van der Waals surface area contributed by atoms with Crippen LogP contribution in [0, 0.1) is 13.8 Å². The molecule has 0 radical (unpaired) electrons. The first-order chi connectivity index (χ1) is 8.00. The van der Waals surface area contributed by atoms with Crippen LogP contribution in [0.15, 0.2) is 18.2 Å². The number of hydrogen-bond donors (Lipinski definition) is 0. The maximum absolute atomic E-state index is 12.3. The smallest absolute Gasteiger partial charge is 0.309 e. The Morgan fingerprint density at radius 3 is 2.12 bits per heavy atom. The number of rotatable bonds is 6. The zero-order valence-electron chi connectivity index (χ0n) is 11.0. The summed E-state index contributed by atoms with van der Waals surface area (Å²) in [6.45, 7) is 8.57. The highest BCUT2D eigenvalue weighted by Gasteiger charge is 2.23. The number of benzene rings is 1. The summed E-state index contributed by atoms with van der Waals surface area (Å²) in [6, 6.07) is 6.06. The average molecular weight is 256 g/mol. The van der Waals surface area contributed by atoms with Crippen molar-refractivity contribution in [2.45, 2.75) is 33.9 Å². The van der Waals surface area contributed by atoms with E-state index in [1.165, 1.54) is 11.1 Å².